The van der Waals surface area contributed by atoms with Crippen LogP contribution in [0, 0.1) is 0 Å². The highest BCUT2D eigenvalue weighted by molar-refractivity contribution is 6.10. The number of piperidine rings is 1. The van der Waals surface area contributed by atoms with Crippen molar-refractivity contribution in [2.24, 2.45) is 0 Å². The van der Waals surface area contributed by atoms with E-state index < -0.39 is 11.5 Å². The zero-order chi connectivity index (χ0) is 21.6. The van der Waals surface area contributed by atoms with Crippen molar-refractivity contribution in [2.75, 3.05) is 24.9 Å². The lowest BCUT2D eigenvalue weighted by Gasteiger charge is -2.36. The molecule has 2 unspecified atom stereocenters. The third-order valence-corrected chi connectivity index (χ3v) is 6.61. The number of anilines is 1. The molecule has 2 atom stereocenters. The van der Waals surface area contributed by atoms with E-state index in [-0.39, 0.29) is 19.0 Å². The summed E-state index contributed by atoms with van der Waals surface area (Å²) in [4.78, 5) is 30.4. The zero-order valence-electron chi connectivity index (χ0n) is 17.5. The number of para-hydroxylation sites is 1. The standard InChI is InChI=1S/C24H26N2O5/c1-16-6-4-5-11-25(16)14-26-19-8-3-2-7-18(19)24(29,23(26)28)13-20(27)17-9-10-21-22(12-17)31-15-30-21/h2-3,7-10,12,16,29H,4-6,11,13-15H2,1H3. The molecule has 1 fully saturated rings. The number of ketones is 1. The Bertz CT molecular complexity index is 1040. The van der Waals surface area contributed by atoms with Crippen LogP contribution in [-0.2, 0) is 10.4 Å². The molecule has 0 saturated carbocycles. The van der Waals surface area contributed by atoms with E-state index in [1.54, 1.807) is 35.2 Å². The van der Waals surface area contributed by atoms with Gasteiger partial charge < -0.3 is 14.6 Å². The summed E-state index contributed by atoms with van der Waals surface area (Å²) in [6.45, 7) is 3.62. The van der Waals surface area contributed by atoms with Crippen molar-refractivity contribution in [1.82, 2.24) is 4.90 Å². The molecule has 1 saturated heterocycles. The number of likely N-dealkylation sites (tertiary alicyclic amines) is 1. The van der Waals surface area contributed by atoms with Gasteiger partial charge in [0.2, 0.25) is 6.79 Å². The summed E-state index contributed by atoms with van der Waals surface area (Å²) in [7, 11) is 0. The van der Waals surface area contributed by atoms with Gasteiger partial charge in [0.25, 0.3) is 5.91 Å². The molecule has 3 aliphatic heterocycles. The molecule has 2 aromatic rings. The van der Waals surface area contributed by atoms with Gasteiger partial charge in [0.15, 0.2) is 22.9 Å². The number of carbonyl (C=O) groups excluding carboxylic acids is 2. The molecular formula is C24H26N2O5. The smallest absolute Gasteiger partial charge is 0.265 e. The van der Waals surface area contributed by atoms with Crippen LogP contribution in [0.15, 0.2) is 42.5 Å². The van der Waals surface area contributed by atoms with Gasteiger partial charge in [-0.25, -0.2) is 0 Å². The van der Waals surface area contributed by atoms with Crippen molar-refractivity contribution >= 4 is 17.4 Å². The van der Waals surface area contributed by atoms with Gasteiger partial charge in [0.05, 0.1) is 18.8 Å². The normalized spacial score (nSPS) is 25.0. The van der Waals surface area contributed by atoms with Crippen LogP contribution >= 0.6 is 0 Å². The molecule has 0 radical (unpaired) electrons. The topological polar surface area (TPSA) is 79.3 Å². The molecule has 1 N–H and O–H groups in total. The van der Waals surface area contributed by atoms with Gasteiger partial charge in [0.1, 0.15) is 0 Å². The van der Waals surface area contributed by atoms with E-state index in [0.29, 0.717) is 41.0 Å². The average molecular weight is 422 g/mol. The lowest BCUT2D eigenvalue weighted by Crippen LogP contribution is -2.49. The van der Waals surface area contributed by atoms with E-state index >= 15 is 0 Å². The maximum absolute atomic E-state index is 13.5. The average Bonchev–Trinajstić information content (AvgIpc) is 3.32. The molecule has 7 heteroatoms. The Morgan fingerprint density at radius 3 is 2.81 bits per heavy atom. The van der Waals surface area contributed by atoms with Crippen molar-refractivity contribution in [3.63, 3.8) is 0 Å². The Balaban J connectivity index is 1.42. The van der Waals surface area contributed by atoms with Crippen LogP contribution in [0.2, 0.25) is 0 Å². The van der Waals surface area contributed by atoms with E-state index in [2.05, 4.69) is 11.8 Å². The van der Waals surface area contributed by atoms with Crippen LogP contribution < -0.4 is 14.4 Å². The van der Waals surface area contributed by atoms with Crippen LogP contribution in [0.4, 0.5) is 5.69 Å². The molecule has 7 nitrogen and oxygen atoms in total. The highest BCUT2D eigenvalue weighted by atomic mass is 16.7. The number of hydrogen-bond donors (Lipinski definition) is 1. The van der Waals surface area contributed by atoms with E-state index in [1.807, 2.05) is 12.1 Å². The zero-order valence-corrected chi connectivity index (χ0v) is 17.5. The number of amides is 1. The number of fused-ring (bicyclic) bond motifs is 2. The van der Waals surface area contributed by atoms with Crippen LogP contribution in [0.3, 0.4) is 0 Å². The second-order valence-corrected chi connectivity index (χ2v) is 8.58. The van der Waals surface area contributed by atoms with Crippen LogP contribution in [0.25, 0.3) is 0 Å². The highest BCUT2D eigenvalue weighted by Gasteiger charge is 2.51. The molecule has 3 aliphatic rings. The van der Waals surface area contributed by atoms with Crippen LogP contribution in [0.1, 0.15) is 48.5 Å². The van der Waals surface area contributed by atoms with Gasteiger partial charge in [-0.15, -0.1) is 0 Å². The maximum atomic E-state index is 13.5. The Labute approximate surface area is 181 Å². The second kappa shape index (κ2) is 7.66. The third kappa shape index (κ3) is 3.38. The minimum Gasteiger partial charge on any atom is -0.454 e. The van der Waals surface area contributed by atoms with Gasteiger partial charge >= 0.3 is 0 Å². The Morgan fingerprint density at radius 2 is 1.97 bits per heavy atom. The lowest BCUT2D eigenvalue weighted by molar-refractivity contribution is -0.136. The molecule has 31 heavy (non-hydrogen) atoms. The molecule has 3 heterocycles. The van der Waals surface area contributed by atoms with E-state index in [4.69, 9.17) is 9.47 Å². The van der Waals surface area contributed by atoms with Gasteiger partial charge in [0, 0.05) is 23.7 Å². The molecule has 1 amide bonds. The first kappa shape index (κ1) is 20.0. The van der Waals surface area contributed by atoms with Gasteiger partial charge in [-0.3, -0.25) is 19.4 Å². The SMILES string of the molecule is CC1CCCCN1CN1C(=O)C(O)(CC(=O)c2ccc3c(c2)OCO3)c2ccccc21. The largest absolute Gasteiger partial charge is 0.454 e. The summed E-state index contributed by atoms with van der Waals surface area (Å²) in [5.74, 6) is 0.314. The predicted molar refractivity (Wildman–Crippen MR) is 114 cm³/mol. The monoisotopic (exact) mass is 422 g/mol. The minimum atomic E-state index is -1.89. The summed E-state index contributed by atoms with van der Waals surface area (Å²) < 4.78 is 10.7. The Morgan fingerprint density at radius 1 is 1.16 bits per heavy atom. The lowest BCUT2D eigenvalue weighted by atomic mass is 9.88. The fraction of sp³-hybridized carbons (Fsp3) is 0.417. The highest BCUT2D eigenvalue weighted by Crippen LogP contribution is 2.43. The maximum Gasteiger partial charge on any atom is 0.265 e. The first-order valence-electron chi connectivity index (χ1n) is 10.8. The number of Topliss-reactive ketones (excluding diaryl/α,β-unsaturated/α-hetero) is 1. The molecule has 5 rings (SSSR count). The first-order chi connectivity index (χ1) is 15.0. The molecule has 0 aliphatic carbocycles. The van der Waals surface area contributed by atoms with Gasteiger partial charge in [-0.05, 0) is 44.0 Å². The van der Waals surface area contributed by atoms with E-state index in [0.717, 1.165) is 19.4 Å². The molecule has 2 aromatic carbocycles. The van der Waals surface area contributed by atoms with Crippen molar-refractivity contribution in [2.45, 2.75) is 44.2 Å². The third-order valence-electron chi connectivity index (χ3n) is 6.61. The quantitative estimate of drug-likeness (QED) is 0.746. The van der Waals surface area contributed by atoms with E-state index in [1.165, 1.54) is 6.42 Å². The van der Waals surface area contributed by atoms with Crippen LogP contribution in [0.5, 0.6) is 11.5 Å². The second-order valence-electron chi connectivity index (χ2n) is 8.58. The summed E-state index contributed by atoms with van der Waals surface area (Å²) in [6.07, 6.45) is 3.06. The Kier molecular flexibility index (Phi) is 4.95. The first-order valence-corrected chi connectivity index (χ1v) is 10.8. The number of benzene rings is 2. The van der Waals surface area contributed by atoms with Crippen molar-refractivity contribution in [3.8, 4) is 11.5 Å². The van der Waals surface area contributed by atoms with E-state index in [9.17, 15) is 14.7 Å². The predicted octanol–water partition coefficient (Wildman–Crippen LogP) is 3.05. The summed E-state index contributed by atoms with van der Waals surface area (Å²) in [5.41, 5.74) is -0.348. The van der Waals surface area contributed by atoms with Gasteiger partial charge in [-0.1, -0.05) is 24.6 Å². The minimum absolute atomic E-state index is 0.118. The fourth-order valence-corrected chi connectivity index (χ4v) is 4.77. The molecule has 0 aromatic heterocycles. The molecular weight excluding hydrogens is 396 g/mol. The number of hydrogen-bond acceptors (Lipinski definition) is 6. The van der Waals surface area contributed by atoms with Gasteiger partial charge in [-0.2, -0.15) is 0 Å². The van der Waals surface area contributed by atoms with Crippen molar-refractivity contribution in [1.29, 1.82) is 0 Å². The molecule has 162 valence electrons. The molecule has 0 spiro atoms. The number of aliphatic hydroxyl groups is 1. The number of nitrogens with zero attached hydrogens (tertiary/aromatic N) is 2. The summed E-state index contributed by atoms with van der Waals surface area (Å²) in [5, 5.41) is 11.5. The van der Waals surface area contributed by atoms with Crippen molar-refractivity contribution < 1.29 is 24.2 Å². The fourth-order valence-electron chi connectivity index (χ4n) is 4.77. The Hall–Kier alpha value is -2.90. The van der Waals surface area contributed by atoms with Crippen molar-refractivity contribution in [3.05, 3.63) is 53.6 Å². The number of carbonyl (C=O) groups is 2. The van der Waals surface area contributed by atoms with Crippen LogP contribution in [-0.4, -0.2) is 47.7 Å². The summed E-state index contributed by atoms with van der Waals surface area (Å²) in [6, 6.07) is 12.5. The molecule has 0 bridgehead atoms. The number of ether oxygens (including phenoxy) is 2. The number of rotatable bonds is 5. The summed E-state index contributed by atoms with van der Waals surface area (Å²) >= 11 is 0.